The molecule has 2 fully saturated rings. The second kappa shape index (κ2) is 7.74. The average molecular weight is 456 g/mol. The van der Waals surface area contributed by atoms with Gasteiger partial charge in [-0.05, 0) is 41.3 Å². The van der Waals surface area contributed by atoms with Crippen molar-refractivity contribution in [2.45, 2.75) is 12.1 Å². The van der Waals surface area contributed by atoms with E-state index in [0.717, 1.165) is 27.8 Å². The Hall–Kier alpha value is -4.10. The van der Waals surface area contributed by atoms with Crippen LogP contribution in [0.4, 0.5) is 20.2 Å². The van der Waals surface area contributed by atoms with Crippen LogP contribution >= 0.6 is 0 Å². The fourth-order valence-electron chi connectivity index (χ4n) is 4.89. The summed E-state index contributed by atoms with van der Waals surface area (Å²) >= 11 is 0. The number of halogens is 2. The van der Waals surface area contributed by atoms with Crippen molar-refractivity contribution in [3.63, 3.8) is 0 Å². The third kappa shape index (κ3) is 3.01. The molecule has 6 rings (SSSR count). The van der Waals surface area contributed by atoms with Crippen molar-refractivity contribution in [1.82, 2.24) is 0 Å². The third-order valence-electron chi connectivity index (χ3n) is 6.42. The number of nitrogens with zero attached hydrogens (tertiary/aromatic N) is 2. The summed E-state index contributed by atoms with van der Waals surface area (Å²) in [6.45, 7) is 0. The van der Waals surface area contributed by atoms with E-state index >= 15 is 0 Å². The Morgan fingerprint density at radius 3 is 2.26 bits per heavy atom. The molecule has 0 aromatic heterocycles. The summed E-state index contributed by atoms with van der Waals surface area (Å²) in [5.41, 5.74) is 1.42. The normalized spacial score (nSPS) is 22.0. The highest BCUT2D eigenvalue weighted by atomic mass is 19.2. The first-order valence-electron chi connectivity index (χ1n) is 10.9. The molecule has 2 saturated heterocycles. The molecule has 7 heteroatoms. The highest BCUT2D eigenvalue weighted by Crippen LogP contribution is 2.48. The fourth-order valence-corrected chi connectivity index (χ4v) is 4.89. The standard InChI is InChI=1S/C27H18F2N2O3/c28-20-14-13-17(15-21(20)29)24-23-25(34-31(24)18-9-2-1-3-10-18)27(33)30(26(23)32)22-12-6-8-16-7-4-5-11-19(16)22/h1-15,23-25H/t23-,24-,25-/m1/s1. The number of fused-ring (bicyclic) bond motifs is 2. The molecule has 0 unspecified atom stereocenters. The maximum Gasteiger partial charge on any atom is 0.266 e. The molecule has 0 spiro atoms. The van der Waals surface area contributed by atoms with Crippen LogP contribution in [0.5, 0.6) is 0 Å². The van der Waals surface area contributed by atoms with Crippen LogP contribution in [0.15, 0.2) is 91.0 Å². The third-order valence-corrected chi connectivity index (χ3v) is 6.42. The SMILES string of the molecule is O=C1[C@@H]2[C@@H](c3ccc(F)c(F)c3)N(c3ccccc3)O[C@H]2C(=O)N1c1cccc2ccccc12. The van der Waals surface area contributed by atoms with Gasteiger partial charge in [0.15, 0.2) is 17.7 Å². The van der Waals surface area contributed by atoms with Crippen molar-refractivity contribution in [2.75, 3.05) is 9.96 Å². The van der Waals surface area contributed by atoms with E-state index in [2.05, 4.69) is 0 Å². The van der Waals surface area contributed by atoms with Gasteiger partial charge < -0.3 is 0 Å². The largest absolute Gasteiger partial charge is 0.273 e. The van der Waals surface area contributed by atoms with Crippen molar-refractivity contribution in [1.29, 1.82) is 0 Å². The lowest BCUT2D eigenvalue weighted by atomic mass is 9.90. The van der Waals surface area contributed by atoms with Crippen molar-refractivity contribution < 1.29 is 23.2 Å². The Kier molecular flexibility index (Phi) is 4.67. The van der Waals surface area contributed by atoms with E-state index in [1.165, 1.54) is 11.1 Å². The lowest BCUT2D eigenvalue weighted by molar-refractivity contribution is -0.126. The first-order chi connectivity index (χ1) is 16.5. The van der Waals surface area contributed by atoms with Crippen LogP contribution in [0, 0.1) is 17.6 Å². The van der Waals surface area contributed by atoms with Gasteiger partial charge in [-0.25, -0.2) is 18.7 Å². The summed E-state index contributed by atoms with van der Waals surface area (Å²) in [6, 6.07) is 24.5. The molecule has 0 aliphatic carbocycles. The number of imide groups is 1. The van der Waals surface area contributed by atoms with Crippen LogP contribution in [0.2, 0.25) is 0 Å². The number of hydroxylamine groups is 1. The number of benzene rings is 4. The van der Waals surface area contributed by atoms with Gasteiger partial charge in [0.2, 0.25) is 5.91 Å². The smallest absolute Gasteiger partial charge is 0.266 e. The van der Waals surface area contributed by atoms with Crippen molar-refractivity contribution in [3.8, 4) is 0 Å². The van der Waals surface area contributed by atoms with E-state index in [1.807, 2.05) is 36.4 Å². The molecule has 4 aromatic rings. The summed E-state index contributed by atoms with van der Waals surface area (Å²) in [5.74, 6) is -3.89. The maximum absolute atomic E-state index is 14.2. The highest BCUT2D eigenvalue weighted by Gasteiger charge is 2.60. The fraction of sp³-hybridized carbons (Fsp3) is 0.111. The lowest BCUT2D eigenvalue weighted by Gasteiger charge is -2.29. The Bertz CT molecular complexity index is 1440. The Balaban J connectivity index is 1.48. The van der Waals surface area contributed by atoms with E-state index in [0.29, 0.717) is 16.9 Å². The molecule has 4 aromatic carbocycles. The van der Waals surface area contributed by atoms with Gasteiger partial charge >= 0.3 is 0 Å². The molecule has 5 nitrogen and oxygen atoms in total. The van der Waals surface area contributed by atoms with Gasteiger partial charge in [-0.1, -0.05) is 60.7 Å². The van der Waals surface area contributed by atoms with Crippen LogP contribution < -0.4 is 9.96 Å². The zero-order valence-electron chi connectivity index (χ0n) is 17.8. The number of anilines is 2. The molecule has 2 heterocycles. The van der Waals surface area contributed by atoms with Crippen LogP contribution in [0.1, 0.15) is 11.6 Å². The summed E-state index contributed by atoms with van der Waals surface area (Å²) in [5, 5.41) is 3.11. The minimum Gasteiger partial charge on any atom is -0.273 e. The summed E-state index contributed by atoms with van der Waals surface area (Å²) in [6.07, 6.45) is -1.09. The molecule has 0 bridgehead atoms. The number of hydrogen-bond donors (Lipinski definition) is 0. The maximum atomic E-state index is 14.2. The zero-order chi connectivity index (χ0) is 23.4. The van der Waals surface area contributed by atoms with Gasteiger partial charge in [0.05, 0.1) is 17.4 Å². The quantitative estimate of drug-likeness (QED) is 0.399. The molecule has 34 heavy (non-hydrogen) atoms. The van der Waals surface area contributed by atoms with Gasteiger partial charge in [0.25, 0.3) is 5.91 Å². The first-order valence-corrected chi connectivity index (χ1v) is 10.9. The predicted molar refractivity (Wildman–Crippen MR) is 123 cm³/mol. The molecular weight excluding hydrogens is 438 g/mol. The second-order valence-corrected chi connectivity index (χ2v) is 8.34. The first kappa shape index (κ1) is 20.5. The molecular formula is C27H18F2N2O3. The number of amides is 2. The zero-order valence-corrected chi connectivity index (χ0v) is 17.8. The monoisotopic (exact) mass is 456 g/mol. The summed E-state index contributed by atoms with van der Waals surface area (Å²) in [4.78, 5) is 34.5. The second-order valence-electron chi connectivity index (χ2n) is 8.34. The molecule has 2 aliphatic heterocycles. The van der Waals surface area contributed by atoms with Gasteiger partial charge in [0, 0.05) is 5.39 Å². The topological polar surface area (TPSA) is 49.9 Å². The minimum atomic E-state index is -1.09. The van der Waals surface area contributed by atoms with Gasteiger partial charge in [-0.3, -0.25) is 14.4 Å². The molecule has 0 radical (unpaired) electrons. The lowest BCUT2D eigenvalue weighted by Crippen LogP contribution is -2.37. The van der Waals surface area contributed by atoms with Gasteiger partial charge in [0.1, 0.15) is 5.92 Å². The van der Waals surface area contributed by atoms with E-state index in [9.17, 15) is 18.4 Å². The van der Waals surface area contributed by atoms with Crippen LogP contribution in [-0.2, 0) is 14.4 Å². The van der Waals surface area contributed by atoms with E-state index in [1.54, 1.807) is 36.4 Å². The number of carbonyl (C=O) groups is 2. The Morgan fingerprint density at radius 2 is 1.47 bits per heavy atom. The van der Waals surface area contributed by atoms with E-state index < -0.39 is 41.5 Å². The summed E-state index contributed by atoms with van der Waals surface area (Å²) in [7, 11) is 0. The minimum absolute atomic E-state index is 0.344. The Labute approximate surface area is 193 Å². The Morgan fingerprint density at radius 1 is 0.735 bits per heavy atom. The van der Waals surface area contributed by atoms with E-state index in [4.69, 9.17) is 4.84 Å². The van der Waals surface area contributed by atoms with E-state index in [-0.39, 0.29) is 0 Å². The predicted octanol–water partition coefficient (Wildman–Crippen LogP) is 5.17. The van der Waals surface area contributed by atoms with Gasteiger partial charge in [-0.15, -0.1) is 0 Å². The molecule has 2 aliphatic rings. The molecule has 168 valence electrons. The number of carbonyl (C=O) groups excluding carboxylic acids is 2. The molecule has 0 N–H and O–H groups in total. The molecule has 2 amide bonds. The van der Waals surface area contributed by atoms with Crippen LogP contribution in [0.3, 0.4) is 0 Å². The number of hydrogen-bond acceptors (Lipinski definition) is 4. The van der Waals surface area contributed by atoms with Gasteiger partial charge in [-0.2, -0.15) is 0 Å². The van der Waals surface area contributed by atoms with Crippen molar-refractivity contribution in [3.05, 3.63) is 108 Å². The molecule has 0 saturated carbocycles. The van der Waals surface area contributed by atoms with Crippen LogP contribution in [0.25, 0.3) is 10.8 Å². The van der Waals surface area contributed by atoms with Crippen LogP contribution in [-0.4, -0.2) is 17.9 Å². The summed E-state index contributed by atoms with van der Waals surface area (Å²) < 4.78 is 27.9. The number of rotatable bonds is 3. The average Bonchev–Trinajstić information content (AvgIpc) is 3.37. The molecule has 3 atom stereocenters. The van der Waals surface area contributed by atoms with Crippen molar-refractivity contribution >= 4 is 34.0 Å². The van der Waals surface area contributed by atoms with Crippen molar-refractivity contribution in [2.24, 2.45) is 5.92 Å². The number of para-hydroxylation sites is 1. The highest BCUT2D eigenvalue weighted by molar-refractivity contribution is 6.26.